The van der Waals surface area contributed by atoms with Gasteiger partial charge in [-0.2, -0.15) is 0 Å². The lowest BCUT2D eigenvalue weighted by atomic mass is 9.95. The van der Waals surface area contributed by atoms with Gasteiger partial charge < -0.3 is 9.47 Å². The fourth-order valence-corrected chi connectivity index (χ4v) is 3.44. The number of rotatable bonds is 5. The van der Waals surface area contributed by atoms with E-state index in [-0.39, 0.29) is 0 Å². The Morgan fingerprint density at radius 1 is 1.17 bits per heavy atom. The van der Waals surface area contributed by atoms with Gasteiger partial charge in [0.2, 0.25) is 0 Å². The van der Waals surface area contributed by atoms with Gasteiger partial charge >= 0.3 is 0 Å². The SMILES string of the molecule is CCC(CC)c1cc[n+](Cc2cc(Cl)cc3c2OCOC3)cc1. The molecule has 4 heteroatoms. The number of pyridine rings is 1. The zero-order valence-electron chi connectivity index (χ0n) is 13.7. The summed E-state index contributed by atoms with van der Waals surface area (Å²) in [4.78, 5) is 0. The fourth-order valence-electron chi connectivity index (χ4n) is 3.18. The summed E-state index contributed by atoms with van der Waals surface area (Å²) in [5.74, 6) is 1.56. The molecule has 0 radical (unpaired) electrons. The molecule has 2 aromatic rings. The van der Waals surface area contributed by atoms with E-state index in [9.17, 15) is 0 Å². The number of hydrogen-bond donors (Lipinski definition) is 0. The third-order valence-electron chi connectivity index (χ3n) is 4.48. The lowest BCUT2D eigenvalue weighted by molar-refractivity contribution is -0.688. The lowest BCUT2D eigenvalue weighted by Gasteiger charge is -2.20. The molecular formula is C19H23ClNO2+. The second kappa shape index (κ2) is 7.33. The predicted octanol–water partition coefficient (Wildman–Crippen LogP) is 4.45. The fraction of sp³-hybridized carbons (Fsp3) is 0.421. The average molecular weight is 333 g/mol. The summed E-state index contributed by atoms with van der Waals surface area (Å²) in [6.07, 6.45) is 6.63. The van der Waals surface area contributed by atoms with Crippen LogP contribution in [0.3, 0.4) is 0 Å². The van der Waals surface area contributed by atoms with Crippen LogP contribution in [0.1, 0.15) is 49.3 Å². The molecule has 0 unspecified atom stereocenters. The van der Waals surface area contributed by atoms with Crippen LogP contribution in [0.2, 0.25) is 5.02 Å². The minimum Gasteiger partial charge on any atom is -0.467 e. The number of nitrogens with zero attached hydrogens (tertiary/aromatic N) is 1. The van der Waals surface area contributed by atoms with Crippen LogP contribution >= 0.6 is 11.6 Å². The minimum atomic E-state index is 0.305. The maximum Gasteiger partial charge on any atom is 0.189 e. The van der Waals surface area contributed by atoms with Crippen LogP contribution in [0, 0.1) is 0 Å². The number of halogens is 1. The topological polar surface area (TPSA) is 22.3 Å². The van der Waals surface area contributed by atoms with Crippen molar-refractivity contribution < 1.29 is 14.0 Å². The second-order valence-corrected chi connectivity index (χ2v) is 6.42. The molecule has 0 atom stereocenters. The van der Waals surface area contributed by atoms with Crippen LogP contribution in [0.5, 0.6) is 5.75 Å². The van der Waals surface area contributed by atoms with Crippen molar-refractivity contribution in [3.63, 3.8) is 0 Å². The Balaban J connectivity index is 1.83. The first-order chi connectivity index (χ1) is 11.2. The number of benzene rings is 1. The molecule has 3 nitrogen and oxygen atoms in total. The molecule has 1 aromatic carbocycles. The van der Waals surface area contributed by atoms with Gasteiger partial charge in [-0.15, -0.1) is 0 Å². The van der Waals surface area contributed by atoms with Crippen LogP contribution in [-0.4, -0.2) is 6.79 Å². The largest absolute Gasteiger partial charge is 0.467 e. The highest BCUT2D eigenvalue weighted by molar-refractivity contribution is 6.30. The van der Waals surface area contributed by atoms with E-state index in [4.69, 9.17) is 21.1 Å². The molecule has 122 valence electrons. The number of aromatic nitrogens is 1. The van der Waals surface area contributed by atoms with E-state index in [1.807, 2.05) is 12.1 Å². The first kappa shape index (κ1) is 16.3. The summed E-state index contributed by atoms with van der Waals surface area (Å²) >= 11 is 6.23. The lowest BCUT2D eigenvalue weighted by Crippen LogP contribution is -2.34. The normalized spacial score (nSPS) is 13.7. The van der Waals surface area contributed by atoms with E-state index in [2.05, 4.69) is 42.9 Å². The van der Waals surface area contributed by atoms with Gasteiger partial charge in [-0.25, -0.2) is 4.57 Å². The zero-order chi connectivity index (χ0) is 16.2. The van der Waals surface area contributed by atoms with Gasteiger partial charge in [-0.1, -0.05) is 25.4 Å². The number of ether oxygens (including phenoxy) is 2. The molecule has 1 aliphatic heterocycles. The molecule has 0 N–H and O–H groups in total. The Morgan fingerprint density at radius 3 is 2.61 bits per heavy atom. The van der Waals surface area contributed by atoms with E-state index < -0.39 is 0 Å². The molecule has 0 saturated heterocycles. The third kappa shape index (κ3) is 3.67. The summed E-state index contributed by atoms with van der Waals surface area (Å²) in [5.41, 5.74) is 3.52. The Bertz CT molecular complexity index is 666. The zero-order valence-corrected chi connectivity index (χ0v) is 14.5. The van der Waals surface area contributed by atoms with Crippen molar-refractivity contribution >= 4 is 11.6 Å². The van der Waals surface area contributed by atoms with Crippen molar-refractivity contribution in [1.82, 2.24) is 0 Å². The molecule has 1 aliphatic rings. The molecule has 1 aromatic heterocycles. The second-order valence-electron chi connectivity index (χ2n) is 5.98. The van der Waals surface area contributed by atoms with Gasteiger partial charge in [0.25, 0.3) is 0 Å². The first-order valence-electron chi connectivity index (χ1n) is 8.22. The van der Waals surface area contributed by atoms with E-state index >= 15 is 0 Å². The van der Waals surface area contributed by atoms with Crippen LogP contribution in [0.4, 0.5) is 0 Å². The maximum atomic E-state index is 6.23. The van der Waals surface area contributed by atoms with Gasteiger partial charge in [0.1, 0.15) is 5.75 Å². The van der Waals surface area contributed by atoms with E-state index in [1.165, 1.54) is 18.4 Å². The highest BCUT2D eigenvalue weighted by atomic mass is 35.5. The summed E-state index contributed by atoms with van der Waals surface area (Å²) in [7, 11) is 0. The van der Waals surface area contributed by atoms with Crippen LogP contribution < -0.4 is 9.30 Å². The van der Waals surface area contributed by atoms with Crippen molar-refractivity contribution in [3.8, 4) is 5.75 Å². The Labute approximate surface area is 142 Å². The van der Waals surface area contributed by atoms with Crippen molar-refractivity contribution in [2.75, 3.05) is 6.79 Å². The average Bonchev–Trinajstić information content (AvgIpc) is 2.57. The molecule has 0 fully saturated rings. The molecular weight excluding hydrogens is 310 g/mol. The van der Waals surface area contributed by atoms with E-state index in [0.717, 1.165) is 28.4 Å². The van der Waals surface area contributed by atoms with Gasteiger partial charge in [0.15, 0.2) is 25.7 Å². The third-order valence-corrected chi connectivity index (χ3v) is 4.70. The minimum absolute atomic E-state index is 0.305. The summed E-state index contributed by atoms with van der Waals surface area (Å²) in [5, 5.41) is 0.724. The number of fused-ring (bicyclic) bond motifs is 1. The molecule has 0 spiro atoms. The monoisotopic (exact) mass is 332 g/mol. The maximum absolute atomic E-state index is 6.23. The standard InChI is InChI=1S/C19H23ClNO2/c1-3-14(4-2)15-5-7-21(8-6-15)11-16-9-18(20)10-17-12-22-13-23-19(16)17/h5-10,14H,3-4,11-13H2,1-2H3/q+1. The predicted molar refractivity (Wildman–Crippen MR) is 90.8 cm³/mol. The Morgan fingerprint density at radius 2 is 1.91 bits per heavy atom. The van der Waals surface area contributed by atoms with Crippen molar-refractivity contribution in [1.29, 1.82) is 0 Å². The number of hydrogen-bond acceptors (Lipinski definition) is 2. The first-order valence-corrected chi connectivity index (χ1v) is 8.59. The van der Waals surface area contributed by atoms with Crippen molar-refractivity contribution in [2.45, 2.75) is 45.8 Å². The highest BCUT2D eigenvalue weighted by Gasteiger charge is 2.19. The summed E-state index contributed by atoms with van der Waals surface area (Å²) in [6, 6.07) is 8.34. The summed E-state index contributed by atoms with van der Waals surface area (Å²) in [6.45, 7) is 6.09. The van der Waals surface area contributed by atoms with Gasteiger partial charge in [-0.3, -0.25) is 0 Å². The summed E-state index contributed by atoms with van der Waals surface area (Å²) < 4.78 is 13.2. The van der Waals surface area contributed by atoms with Crippen LogP contribution in [-0.2, 0) is 17.9 Å². The molecule has 0 bridgehead atoms. The molecule has 0 aliphatic carbocycles. The van der Waals surface area contributed by atoms with Gasteiger partial charge in [-0.05, 0) is 36.5 Å². The van der Waals surface area contributed by atoms with E-state index in [1.54, 1.807) is 0 Å². The van der Waals surface area contributed by atoms with E-state index in [0.29, 0.717) is 19.3 Å². The quantitative estimate of drug-likeness (QED) is 0.755. The molecule has 2 heterocycles. The van der Waals surface area contributed by atoms with Crippen LogP contribution in [0.15, 0.2) is 36.7 Å². The van der Waals surface area contributed by atoms with Gasteiger partial charge in [0.05, 0.1) is 12.2 Å². The van der Waals surface area contributed by atoms with Crippen LogP contribution in [0.25, 0.3) is 0 Å². The molecule has 0 saturated carbocycles. The Kier molecular flexibility index (Phi) is 5.19. The molecule has 0 amide bonds. The van der Waals surface area contributed by atoms with Gasteiger partial charge in [0, 0.05) is 22.7 Å². The Hall–Kier alpha value is -1.58. The molecule has 23 heavy (non-hydrogen) atoms. The smallest absolute Gasteiger partial charge is 0.189 e. The van der Waals surface area contributed by atoms with Crippen molar-refractivity contribution in [3.05, 3.63) is 58.4 Å². The highest BCUT2D eigenvalue weighted by Crippen LogP contribution is 2.31. The van der Waals surface area contributed by atoms with Crippen molar-refractivity contribution in [2.24, 2.45) is 0 Å². The molecule has 3 rings (SSSR count).